The second-order valence-corrected chi connectivity index (χ2v) is 5.92. The summed E-state index contributed by atoms with van der Waals surface area (Å²) in [4.78, 5) is 14.7. The fourth-order valence-electron chi connectivity index (χ4n) is 2.88. The molecule has 0 aromatic heterocycles. The highest BCUT2D eigenvalue weighted by Gasteiger charge is 2.41. The SMILES string of the molecule is CCCC1NC(CC(C)C)C(=O)N1C(CC)COC. The van der Waals surface area contributed by atoms with E-state index >= 15 is 0 Å². The molecule has 3 atom stereocenters. The minimum Gasteiger partial charge on any atom is -0.383 e. The number of nitrogens with zero attached hydrogens (tertiary/aromatic N) is 1. The van der Waals surface area contributed by atoms with Crippen molar-refractivity contribution in [2.24, 2.45) is 5.92 Å². The van der Waals surface area contributed by atoms with Gasteiger partial charge >= 0.3 is 0 Å². The van der Waals surface area contributed by atoms with E-state index in [1.54, 1.807) is 7.11 Å². The maximum atomic E-state index is 12.6. The van der Waals surface area contributed by atoms with Gasteiger partial charge in [0.05, 0.1) is 24.9 Å². The zero-order valence-corrected chi connectivity index (χ0v) is 13.1. The standard InChI is InChI=1S/C15H30N2O2/c1-6-8-14-16-13(9-11(3)4)15(18)17(14)12(7-2)10-19-5/h11-14,16H,6-10H2,1-5H3. The molecular weight excluding hydrogens is 240 g/mol. The zero-order valence-electron chi connectivity index (χ0n) is 13.1. The Hall–Kier alpha value is -0.610. The minimum atomic E-state index is -0.0116. The lowest BCUT2D eigenvalue weighted by Gasteiger charge is -2.31. The summed E-state index contributed by atoms with van der Waals surface area (Å²) < 4.78 is 5.28. The molecule has 1 amide bonds. The van der Waals surface area contributed by atoms with E-state index in [0.29, 0.717) is 12.5 Å². The fraction of sp³-hybridized carbons (Fsp3) is 0.933. The normalized spacial score (nSPS) is 25.4. The molecule has 0 aromatic rings. The Labute approximate surface area is 117 Å². The molecule has 0 aromatic carbocycles. The topological polar surface area (TPSA) is 41.6 Å². The first-order valence-electron chi connectivity index (χ1n) is 7.62. The van der Waals surface area contributed by atoms with Gasteiger partial charge in [-0.05, 0) is 25.2 Å². The van der Waals surface area contributed by atoms with Crippen LogP contribution in [0.5, 0.6) is 0 Å². The Morgan fingerprint density at radius 1 is 1.37 bits per heavy atom. The molecule has 1 aliphatic rings. The molecule has 4 heteroatoms. The van der Waals surface area contributed by atoms with Gasteiger partial charge in [-0.1, -0.05) is 34.1 Å². The summed E-state index contributed by atoms with van der Waals surface area (Å²) >= 11 is 0. The van der Waals surface area contributed by atoms with Crippen molar-refractivity contribution >= 4 is 5.91 Å². The van der Waals surface area contributed by atoms with Gasteiger partial charge in [-0.25, -0.2) is 0 Å². The van der Waals surface area contributed by atoms with Gasteiger partial charge in [0.1, 0.15) is 0 Å². The van der Waals surface area contributed by atoms with Crippen molar-refractivity contribution < 1.29 is 9.53 Å². The summed E-state index contributed by atoms with van der Waals surface area (Å²) in [5.41, 5.74) is 0. The molecule has 0 bridgehead atoms. The Balaban J connectivity index is 2.80. The molecule has 19 heavy (non-hydrogen) atoms. The highest BCUT2D eigenvalue weighted by atomic mass is 16.5. The maximum Gasteiger partial charge on any atom is 0.241 e. The molecule has 1 saturated heterocycles. The first-order valence-corrected chi connectivity index (χ1v) is 7.62. The Kier molecular flexibility index (Phi) is 6.80. The molecule has 0 saturated carbocycles. The van der Waals surface area contributed by atoms with Crippen LogP contribution in [0.3, 0.4) is 0 Å². The highest BCUT2D eigenvalue weighted by molar-refractivity contribution is 5.84. The van der Waals surface area contributed by atoms with Crippen molar-refractivity contribution in [1.82, 2.24) is 10.2 Å². The van der Waals surface area contributed by atoms with Crippen LogP contribution in [-0.2, 0) is 9.53 Å². The van der Waals surface area contributed by atoms with Gasteiger partial charge in [0, 0.05) is 7.11 Å². The largest absolute Gasteiger partial charge is 0.383 e. The summed E-state index contributed by atoms with van der Waals surface area (Å²) in [7, 11) is 1.71. The van der Waals surface area contributed by atoms with Gasteiger partial charge in [-0.3, -0.25) is 10.1 Å². The third kappa shape index (κ3) is 4.18. The molecule has 1 aliphatic heterocycles. The van der Waals surface area contributed by atoms with Crippen molar-refractivity contribution in [1.29, 1.82) is 0 Å². The van der Waals surface area contributed by atoms with E-state index in [9.17, 15) is 4.79 Å². The second kappa shape index (κ2) is 7.85. The number of methoxy groups -OCH3 is 1. The van der Waals surface area contributed by atoms with Crippen molar-refractivity contribution in [2.45, 2.75) is 71.6 Å². The van der Waals surface area contributed by atoms with E-state index in [-0.39, 0.29) is 24.2 Å². The van der Waals surface area contributed by atoms with Crippen LogP contribution in [0.25, 0.3) is 0 Å². The van der Waals surface area contributed by atoms with Crippen LogP contribution in [0.4, 0.5) is 0 Å². The van der Waals surface area contributed by atoms with Gasteiger partial charge < -0.3 is 9.64 Å². The van der Waals surface area contributed by atoms with Crippen LogP contribution < -0.4 is 5.32 Å². The Morgan fingerprint density at radius 3 is 2.53 bits per heavy atom. The van der Waals surface area contributed by atoms with Crippen LogP contribution in [0.15, 0.2) is 0 Å². The minimum absolute atomic E-state index is 0.0116. The van der Waals surface area contributed by atoms with E-state index in [4.69, 9.17) is 4.74 Å². The van der Waals surface area contributed by atoms with Gasteiger partial charge in [0.2, 0.25) is 5.91 Å². The van der Waals surface area contributed by atoms with Crippen molar-refractivity contribution in [2.75, 3.05) is 13.7 Å². The van der Waals surface area contributed by atoms with Crippen LogP contribution in [0.2, 0.25) is 0 Å². The predicted octanol–water partition coefficient (Wildman–Crippen LogP) is 2.38. The lowest BCUT2D eigenvalue weighted by molar-refractivity contribution is -0.133. The molecule has 0 radical (unpaired) electrons. The van der Waals surface area contributed by atoms with Gasteiger partial charge in [0.15, 0.2) is 0 Å². The number of amides is 1. The first-order chi connectivity index (χ1) is 9.04. The molecule has 4 nitrogen and oxygen atoms in total. The highest BCUT2D eigenvalue weighted by Crippen LogP contribution is 2.23. The average molecular weight is 270 g/mol. The quantitative estimate of drug-likeness (QED) is 0.736. The number of nitrogens with one attached hydrogen (secondary N) is 1. The van der Waals surface area contributed by atoms with Crippen LogP contribution in [0.1, 0.15) is 53.4 Å². The Bertz CT molecular complexity index is 281. The molecule has 1 heterocycles. The maximum absolute atomic E-state index is 12.6. The molecule has 1 fully saturated rings. The van der Waals surface area contributed by atoms with Crippen molar-refractivity contribution in [3.8, 4) is 0 Å². The van der Waals surface area contributed by atoms with Gasteiger partial charge in [0.25, 0.3) is 0 Å². The van der Waals surface area contributed by atoms with E-state index in [1.165, 1.54) is 0 Å². The zero-order chi connectivity index (χ0) is 14.4. The number of carbonyl (C=O) groups excluding carboxylic acids is 1. The summed E-state index contributed by atoms with van der Waals surface area (Å²) in [6.45, 7) is 9.24. The molecule has 0 aliphatic carbocycles. The molecular formula is C15H30N2O2. The molecule has 3 unspecified atom stereocenters. The fourth-order valence-corrected chi connectivity index (χ4v) is 2.88. The number of carbonyl (C=O) groups is 1. The molecule has 1 rings (SSSR count). The van der Waals surface area contributed by atoms with E-state index < -0.39 is 0 Å². The number of hydrogen-bond donors (Lipinski definition) is 1. The number of rotatable bonds is 8. The summed E-state index contributed by atoms with van der Waals surface area (Å²) in [6, 6.07) is 0.182. The second-order valence-electron chi connectivity index (χ2n) is 5.92. The average Bonchev–Trinajstić information content (AvgIpc) is 2.63. The van der Waals surface area contributed by atoms with E-state index in [2.05, 4.69) is 33.0 Å². The van der Waals surface area contributed by atoms with Crippen LogP contribution in [-0.4, -0.2) is 42.8 Å². The van der Waals surface area contributed by atoms with Crippen LogP contribution in [0, 0.1) is 5.92 Å². The van der Waals surface area contributed by atoms with Crippen molar-refractivity contribution in [3.63, 3.8) is 0 Å². The van der Waals surface area contributed by atoms with E-state index in [0.717, 1.165) is 25.7 Å². The third-order valence-electron chi connectivity index (χ3n) is 3.77. The van der Waals surface area contributed by atoms with Gasteiger partial charge in [-0.15, -0.1) is 0 Å². The number of ether oxygens (including phenoxy) is 1. The smallest absolute Gasteiger partial charge is 0.241 e. The Morgan fingerprint density at radius 2 is 2.05 bits per heavy atom. The first kappa shape index (κ1) is 16.4. The summed E-state index contributed by atoms with van der Waals surface area (Å²) in [5.74, 6) is 0.794. The van der Waals surface area contributed by atoms with Crippen molar-refractivity contribution in [3.05, 3.63) is 0 Å². The number of hydrogen-bond acceptors (Lipinski definition) is 3. The lowest BCUT2D eigenvalue weighted by Crippen LogP contribution is -2.46. The molecule has 112 valence electrons. The summed E-state index contributed by atoms with van der Waals surface area (Å²) in [6.07, 6.45) is 4.13. The molecule has 0 spiro atoms. The van der Waals surface area contributed by atoms with E-state index in [1.807, 2.05) is 4.90 Å². The van der Waals surface area contributed by atoms with Crippen LogP contribution >= 0.6 is 0 Å². The van der Waals surface area contributed by atoms with Gasteiger partial charge in [-0.2, -0.15) is 0 Å². The summed E-state index contributed by atoms with van der Waals surface area (Å²) in [5, 5.41) is 3.52. The predicted molar refractivity (Wildman–Crippen MR) is 77.9 cm³/mol. The third-order valence-corrected chi connectivity index (χ3v) is 3.77. The lowest BCUT2D eigenvalue weighted by atomic mass is 10.0. The molecule has 1 N–H and O–H groups in total. The monoisotopic (exact) mass is 270 g/mol.